The first-order chi connectivity index (χ1) is 15.4. The summed E-state index contributed by atoms with van der Waals surface area (Å²) in [5, 5.41) is 3.10. The standard InChI is InChI=1S/C25H29NO6/c1-7-12-30-19-11-10-18(15-20(19)29-6)23-21(24(27)31-13-8-2)16(4)26-17(5)22(23)25(28)32-14-9-3/h7-11,15,23,26H,1-3,12-14H2,4-6H3. The molecule has 1 aliphatic rings. The van der Waals surface area contributed by atoms with E-state index in [1.165, 1.54) is 19.3 Å². The number of dihydropyridines is 1. The quantitative estimate of drug-likeness (QED) is 0.413. The van der Waals surface area contributed by atoms with Crippen molar-refractivity contribution in [3.8, 4) is 11.5 Å². The van der Waals surface area contributed by atoms with Crippen LogP contribution in [-0.4, -0.2) is 38.9 Å². The summed E-state index contributed by atoms with van der Waals surface area (Å²) in [5.74, 6) is -0.901. The summed E-state index contributed by atoms with van der Waals surface area (Å²) in [7, 11) is 1.52. The van der Waals surface area contributed by atoms with Gasteiger partial charge in [0.05, 0.1) is 24.2 Å². The molecule has 0 radical (unpaired) electrons. The highest BCUT2D eigenvalue weighted by Crippen LogP contribution is 2.42. The zero-order chi connectivity index (χ0) is 23.7. The van der Waals surface area contributed by atoms with Gasteiger partial charge in [-0.3, -0.25) is 0 Å². The molecule has 0 aromatic heterocycles. The van der Waals surface area contributed by atoms with Gasteiger partial charge in [-0.2, -0.15) is 0 Å². The third-order valence-electron chi connectivity index (χ3n) is 4.74. The highest BCUT2D eigenvalue weighted by Gasteiger charge is 2.38. The number of carbonyl (C=O) groups is 2. The van der Waals surface area contributed by atoms with Crippen LogP contribution >= 0.6 is 0 Å². The van der Waals surface area contributed by atoms with Crippen LogP contribution in [0, 0.1) is 0 Å². The van der Waals surface area contributed by atoms with Crippen LogP contribution in [0.4, 0.5) is 0 Å². The SMILES string of the molecule is C=CCOC(=O)C1=C(C)NC(C)=C(C(=O)OCC=C)C1c1ccc(OCC=C)c(OC)c1. The van der Waals surface area contributed by atoms with Crippen LogP contribution in [0.3, 0.4) is 0 Å². The molecule has 0 unspecified atom stereocenters. The van der Waals surface area contributed by atoms with Crippen molar-refractivity contribution in [2.24, 2.45) is 0 Å². The highest BCUT2D eigenvalue weighted by atomic mass is 16.5. The molecule has 0 spiro atoms. The lowest BCUT2D eigenvalue weighted by Crippen LogP contribution is -2.32. The Labute approximate surface area is 188 Å². The molecule has 7 nitrogen and oxygen atoms in total. The van der Waals surface area contributed by atoms with Crippen molar-refractivity contribution in [1.29, 1.82) is 0 Å². The number of rotatable bonds is 11. The van der Waals surface area contributed by atoms with E-state index in [0.29, 0.717) is 46.2 Å². The Balaban J connectivity index is 2.64. The molecule has 0 saturated heterocycles. The van der Waals surface area contributed by atoms with E-state index in [1.54, 1.807) is 38.1 Å². The third-order valence-corrected chi connectivity index (χ3v) is 4.74. The Kier molecular flexibility index (Phi) is 8.89. The van der Waals surface area contributed by atoms with Crippen LogP contribution < -0.4 is 14.8 Å². The number of allylic oxidation sites excluding steroid dienone is 2. The van der Waals surface area contributed by atoms with Gasteiger partial charge in [-0.05, 0) is 31.5 Å². The van der Waals surface area contributed by atoms with Crippen LogP contribution in [0.5, 0.6) is 11.5 Å². The Morgan fingerprint density at radius 3 is 1.91 bits per heavy atom. The third kappa shape index (κ3) is 5.49. The Morgan fingerprint density at radius 2 is 1.44 bits per heavy atom. The number of hydrogen-bond acceptors (Lipinski definition) is 7. The fourth-order valence-corrected chi connectivity index (χ4v) is 3.42. The summed E-state index contributed by atoms with van der Waals surface area (Å²) in [6.45, 7) is 14.7. The van der Waals surface area contributed by atoms with Crippen molar-refractivity contribution >= 4 is 11.9 Å². The summed E-state index contributed by atoms with van der Waals surface area (Å²) in [5.41, 5.74) is 2.39. The monoisotopic (exact) mass is 439 g/mol. The van der Waals surface area contributed by atoms with Crippen molar-refractivity contribution in [3.63, 3.8) is 0 Å². The largest absolute Gasteiger partial charge is 0.493 e. The van der Waals surface area contributed by atoms with Crippen molar-refractivity contribution in [3.05, 3.63) is 84.3 Å². The summed E-state index contributed by atoms with van der Waals surface area (Å²) >= 11 is 0. The maximum Gasteiger partial charge on any atom is 0.337 e. The van der Waals surface area contributed by atoms with Crippen LogP contribution in [-0.2, 0) is 19.1 Å². The lowest BCUT2D eigenvalue weighted by molar-refractivity contribution is -0.138. The Bertz CT molecular complexity index is 927. The maximum absolute atomic E-state index is 13.0. The molecule has 0 aliphatic carbocycles. The van der Waals surface area contributed by atoms with Gasteiger partial charge in [-0.15, -0.1) is 0 Å². The van der Waals surface area contributed by atoms with Gasteiger partial charge in [0.2, 0.25) is 0 Å². The number of benzene rings is 1. The van der Waals surface area contributed by atoms with Gasteiger partial charge in [-0.25, -0.2) is 9.59 Å². The first-order valence-corrected chi connectivity index (χ1v) is 10.1. The van der Waals surface area contributed by atoms with Crippen molar-refractivity contribution in [2.45, 2.75) is 19.8 Å². The minimum atomic E-state index is -0.742. The fraction of sp³-hybridized carbons (Fsp3) is 0.280. The van der Waals surface area contributed by atoms with Crippen LogP contribution in [0.25, 0.3) is 0 Å². The molecule has 0 atom stereocenters. The molecule has 1 aromatic rings. The van der Waals surface area contributed by atoms with Gasteiger partial charge >= 0.3 is 11.9 Å². The number of hydrogen-bond donors (Lipinski definition) is 1. The predicted molar refractivity (Wildman–Crippen MR) is 122 cm³/mol. The normalized spacial score (nSPS) is 13.7. The van der Waals surface area contributed by atoms with Gasteiger partial charge < -0.3 is 24.3 Å². The molecular formula is C25H29NO6. The van der Waals surface area contributed by atoms with Crippen LogP contribution in [0.2, 0.25) is 0 Å². The first-order valence-electron chi connectivity index (χ1n) is 10.1. The average molecular weight is 440 g/mol. The molecule has 7 heteroatoms. The molecule has 1 N–H and O–H groups in total. The number of carbonyl (C=O) groups excluding carboxylic acids is 2. The number of nitrogens with one attached hydrogen (secondary N) is 1. The maximum atomic E-state index is 13.0. The van der Waals surface area contributed by atoms with Gasteiger partial charge in [0.15, 0.2) is 11.5 Å². The van der Waals surface area contributed by atoms with E-state index in [9.17, 15) is 9.59 Å². The van der Waals surface area contributed by atoms with Gasteiger partial charge in [0, 0.05) is 11.4 Å². The second-order valence-electron chi connectivity index (χ2n) is 6.92. The van der Waals surface area contributed by atoms with E-state index >= 15 is 0 Å². The van der Waals surface area contributed by atoms with E-state index in [2.05, 4.69) is 25.1 Å². The topological polar surface area (TPSA) is 83.1 Å². The molecule has 0 saturated carbocycles. The molecule has 170 valence electrons. The number of esters is 2. The van der Waals surface area contributed by atoms with E-state index < -0.39 is 17.9 Å². The van der Waals surface area contributed by atoms with E-state index in [1.807, 2.05) is 0 Å². The molecule has 2 rings (SSSR count). The van der Waals surface area contributed by atoms with Crippen molar-refractivity contribution in [1.82, 2.24) is 5.32 Å². The lowest BCUT2D eigenvalue weighted by Gasteiger charge is -2.30. The van der Waals surface area contributed by atoms with Crippen LogP contribution in [0.1, 0.15) is 25.3 Å². The minimum Gasteiger partial charge on any atom is -0.493 e. The highest BCUT2D eigenvalue weighted by molar-refractivity contribution is 6.00. The zero-order valence-electron chi connectivity index (χ0n) is 18.7. The van der Waals surface area contributed by atoms with Crippen molar-refractivity contribution < 1.29 is 28.5 Å². The average Bonchev–Trinajstić information content (AvgIpc) is 2.78. The smallest absolute Gasteiger partial charge is 0.337 e. The Hall–Kier alpha value is -3.74. The molecule has 1 heterocycles. The van der Waals surface area contributed by atoms with Crippen LogP contribution in [0.15, 0.2) is 78.7 Å². The molecular weight excluding hydrogens is 410 g/mol. The molecule has 0 amide bonds. The van der Waals surface area contributed by atoms with Gasteiger partial charge in [0.25, 0.3) is 0 Å². The predicted octanol–water partition coefficient (Wildman–Crippen LogP) is 3.95. The second-order valence-corrected chi connectivity index (χ2v) is 6.92. The lowest BCUT2D eigenvalue weighted by atomic mass is 9.80. The summed E-state index contributed by atoms with van der Waals surface area (Å²) in [4.78, 5) is 26.0. The van der Waals surface area contributed by atoms with E-state index in [4.69, 9.17) is 18.9 Å². The molecule has 0 fully saturated rings. The minimum absolute atomic E-state index is 0.0406. The molecule has 32 heavy (non-hydrogen) atoms. The molecule has 1 aromatic carbocycles. The zero-order valence-corrected chi connectivity index (χ0v) is 18.7. The first kappa shape index (κ1) is 24.5. The molecule has 0 bridgehead atoms. The summed E-state index contributed by atoms with van der Waals surface area (Å²) in [6, 6.07) is 5.24. The fourth-order valence-electron chi connectivity index (χ4n) is 3.42. The van der Waals surface area contributed by atoms with E-state index in [0.717, 1.165) is 0 Å². The van der Waals surface area contributed by atoms with Gasteiger partial charge in [-0.1, -0.05) is 44.0 Å². The summed E-state index contributed by atoms with van der Waals surface area (Å²) < 4.78 is 21.8. The molecule has 1 aliphatic heterocycles. The number of methoxy groups -OCH3 is 1. The second kappa shape index (κ2) is 11.6. The van der Waals surface area contributed by atoms with E-state index in [-0.39, 0.29) is 13.2 Å². The number of ether oxygens (including phenoxy) is 4. The van der Waals surface area contributed by atoms with Crippen molar-refractivity contribution in [2.75, 3.05) is 26.9 Å². The summed E-state index contributed by atoms with van der Waals surface area (Å²) in [6.07, 6.45) is 4.59. The van der Waals surface area contributed by atoms with Gasteiger partial charge in [0.1, 0.15) is 19.8 Å². The Morgan fingerprint density at radius 1 is 0.906 bits per heavy atom.